The van der Waals surface area contributed by atoms with Crippen LogP contribution in [0.15, 0.2) is 12.2 Å². The first kappa shape index (κ1) is 11.6. The van der Waals surface area contributed by atoms with Gasteiger partial charge in [0.15, 0.2) is 0 Å². The van der Waals surface area contributed by atoms with Gasteiger partial charge in [0, 0.05) is 17.6 Å². The molecule has 1 saturated heterocycles. The average Bonchev–Trinajstić information content (AvgIpc) is 2.39. The maximum atomic E-state index is 11.9. The normalized spacial score (nSPS) is 29.4. The zero-order valence-electron chi connectivity index (χ0n) is 10.5. The van der Waals surface area contributed by atoms with Crippen molar-refractivity contribution in [3.05, 3.63) is 12.2 Å². The second kappa shape index (κ2) is 4.21. The van der Waals surface area contributed by atoms with Crippen molar-refractivity contribution in [1.82, 2.24) is 10.2 Å². The third-order valence-electron chi connectivity index (χ3n) is 3.30. The molecule has 2 unspecified atom stereocenters. The topological polar surface area (TPSA) is 32.3 Å². The SMILES string of the molecule is CC(C)(C)NC(=O)CN1C2C=CCC1CC2. The largest absolute Gasteiger partial charge is 0.350 e. The summed E-state index contributed by atoms with van der Waals surface area (Å²) in [5, 5.41) is 3.03. The van der Waals surface area contributed by atoms with E-state index in [9.17, 15) is 4.79 Å². The molecule has 0 aromatic heterocycles. The first-order valence-corrected chi connectivity index (χ1v) is 6.19. The Morgan fingerprint density at radius 1 is 1.44 bits per heavy atom. The van der Waals surface area contributed by atoms with E-state index in [-0.39, 0.29) is 11.4 Å². The summed E-state index contributed by atoms with van der Waals surface area (Å²) in [7, 11) is 0. The summed E-state index contributed by atoms with van der Waals surface area (Å²) in [4.78, 5) is 14.2. The van der Waals surface area contributed by atoms with Gasteiger partial charge >= 0.3 is 0 Å². The molecule has 16 heavy (non-hydrogen) atoms. The molecule has 2 atom stereocenters. The monoisotopic (exact) mass is 222 g/mol. The van der Waals surface area contributed by atoms with Crippen molar-refractivity contribution in [2.45, 2.75) is 57.7 Å². The highest BCUT2D eigenvalue weighted by Crippen LogP contribution is 2.30. The van der Waals surface area contributed by atoms with Gasteiger partial charge in [-0.15, -0.1) is 0 Å². The predicted molar refractivity (Wildman–Crippen MR) is 65.2 cm³/mol. The number of carbonyl (C=O) groups excluding carboxylic acids is 1. The van der Waals surface area contributed by atoms with E-state index in [1.54, 1.807) is 0 Å². The van der Waals surface area contributed by atoms with Crippen LogP contribution in [0.4, 0.5) is 0 Å². The summed E-state index contributed by atoms with van der Waals surface area (Å²) in [5.74, 6) is 0.152. The van der Waals surface area contributed by atoms with E-state index < -0.39 is 0 Å². The van der Waals surface area contributed by atoms with Gasteiger partial charge in [-0.05, 0) is 40.0 Å². The van der Waals surface area contributed by atoms with Crippen LogP contribution in [0.5, 0.6) is 0 Å². The number of nitrogens with one attached hydrogen (secondary N) is 1. The fourth-order valence-corrected chi connectivity index (χ4v) is 2.69. The van der Waals surface area contributed by atoms with E-state index in [4.69, 9.17) is 0 Å². The first-order valence-electron chi connectivity index (χ1n) is 6.19. The molecule has 1 fully saturated rings. The van der Waals surface area contributed by atoms with Crippen LogP contribution in [0.2, 0.25) is 0 Å². The van der Waals surface area contributed by atoms with Crippen LogP contribution in [-0.2, 0) is 4.79 Å². The minimum atomic E-state index is -0.123. The Labute approximate surface area is 97.9 Å². The minimum absolute atomic E-state index is 0.123. The number of nitrogens with zero attached hydrogens (tertiary/aromatic N) is 1. The lowest BCUT2D eigenvalue weighted by Crippen LogP contribution is -2.49. The lowest BCUT2D eigenvalue weighted by molar-refractivity contribution is -0.124. The van der Waals surface area contributed by atoms with E-state index in [0.717, 1.165) is 6.42 Å². The van der Waals surface area contributed by atoms with E-state index in [1.807, 2.05) is 20.8 Å². The maximum Gasteiger partial charge on any atom is 0.234 e. The standard InChI is InChI=1S/C13H22N2O/c1-13(2,3)14-12(16)9-15-10-5-4-6-11(15)8-7-10/h4-5,10-11H,6-9H2,1-3H3,(H,14,16). The lowest BCUT2D eigenvalue weighted by Gasteiger charge is -2.31. The molecule has 2 aliphatic rings. The van der Waals surface area contributed by atoms with Gasteiger partial charge in [-0.3, -0.25) is 9.69 Å². The molecular weight excluding hydrogens is 200 g/mol. The lowest BCUT2D eigenvalue weighted by atomic mass is 10.1. The van der Waals surface area contributed by atoms with Gasteiger partial charge < -0.3 is 5.32 Å². The Morgan fingerprint density at radius 3 is 2.81 bits per heavy atom. The molecule has 2 bridgehead atoms. The van der Waals surface area contributed by atoms with Crippen molar-refractivity contribution in [3.63, 3.8) is 0 Å². The van der Waals surface area contributed by atoms with E-state index in [0.29, 0.717) is 18.6 Å². The third kappa shape index (κ3) is 2.64. The van der Waals surface area contributed by atoms with Crippen molar-refractivity contribution >= 4 is 5.91 Å². The third-order valence-corrected chi connectivity index (χ3v) is 3.30. The Hall–Kier alpha value is -0.830. The second-order valence-corrected chi connectivity index (χ2v) is 5.93. The molecule has 1 N–H and O–H groups in total. The molecule has 1 amide bonds. The van der Waals surface area contributed by atoms with Crippen LogP contribution in [0.25, 0.3) is 0 Å². The smallest absolute Gasteiger partial charge is 0.234 e. The Bertz CT molecular complexity index is 304. The summed E-state index contributed by atoms with van der Waals surface area (Å²) in [6.45, 7) is 6.62. The summed E-state index contributed by atoms with van der Waals surface area (Å²) >= 11 is 0. The molecule has 3 nitrogen and oxygen atoms in total. The molecule has 2 aliphatic heterocycles. The molecule has 3 heteroatoms. The number of rotatable bonds is 2. The van der Waals surface area contributed by atoms with Crippen LogP contribution in [-0.4, -0.2) is 35.0 Å². The van der Waals surface area contributed by atoms with Crippen LogP contribution in [0.1, 0.15) is 40.0 Å². The average molecular weight is 222 g/mol. The zero-order chi connectivity index (χ0) is 11.8. The van der Waals surface area contributed by atoms with Gasteiger partial charge in [-0.25, -0.2) is 0 Å². The van der Waals surface area contributed by atoms with Crippen molar-refractivity contribution in [1.29, 1.82) is 0 Å². The Kier molecular flexibility index (Phi) is 3.06. The maximum absolute atomic E-state index is 11.9. The number of fused-ring (bicyclic) bond motifs is 2. The van der Waals surface area contributed by atoms with Crippen LogP contribution >= 0.6 is 0 Å². The Balaban J connectivity index is 1.91. The van der Waals surface area contributed by atoms with Crippen LogP contribution in [0.3, 0.4) is 0 Å². The van der Waals surface area contributed by atoms with Crippen LogP contribution in [0, 0.1) is 0 Å². The molecule has 0 spiro atoms. The number of amides is 1. The fraction of sp³-hybridized carbons (Fsp3) is 0.769. The van der Waals surface area contributed by atoms with Crippen molar-refractivity contribution in [2.75, 3.05) is 6.54 Å². The van der Waals surface area contributed by atoms with Gasteiger partial charge in [-0.1, -0.05) is 12.2 Å². The molecule has 0 aromatic carbocycles. The van der Waals surface area contributed by atoms with Gasteiger partial charge in [0.25, 0.3) is 0 Å². The number of carbonyl (C=O) groups is 1. The highest BCUT2D eigenvalue weighted by atomic mass is 16.2. The zero-order valence-corrected chi connectivity index (χ0v) is 10.5. The van der Waals surface area contributed by atoms with Crippen molar-refractivity contribution in [2.24, 2.45) is 0 Å². The molecule has 0 aromatic rings. The van der Waals surface area contributed by atoms with Gasteiger partial charge in [0.1, 0.15) is 0 Å². The Morgan fingerprint density at radius 2 is 2.19 bits per heavy atom. The summed E-state index contributed by atoms with van der Waals surface area (Å²) in [5.41, 5.74) is -0.123. The summed E-state index contributed by atoms with van der Waals surface area (Å²) < 4.78 is 0. The first-order chi connectivity index (χ1) is 7.46. The van der Waals surface area contributed by atoms with Gasteiger partial charge in [0.05, 0.1) is 6.54 Å². The molecular formula is C13H22N2O. The predicted octanol–water partition coefficient (Wildman–Crippen LogP) is 1.69. The van der Waals surface area contributed by atoms with E-state index in [1.165, 1.54) is 12.8 Å². The van der Waals surface area contributed by atoms with Crippen molar-refractivity contribution < 1.29 is 4.79 Å². The minimum Gasteiger partial charge on any atom is -0.350 e. The molecule has 2 heterocycles. The van der Waals surface area contributed by atoms with Gasteiger partial charge in [0.2, 0.25) is 5.91 Å². The fourth-order valence-electron chi connectivity index (χ4n) is 2.69. The van der Waals surface area contributed by atoms with Crippen molar-refractivity contribution in [3.8, 4) is 0 Å². The highest BCUT2D eigenvalue weighted by molar-refractivity contribution is 5.78. The molecule has 0 radical (unpaired) electrons. The molecule has 90 valence electrons. The highest BCUT2D eigenvalue weighted by Gasteiger charge is 2.35. The van der Waals surface area contributed by atoms with Crippen LogP contribution < -0.4 is 5.32 Å². The van der Waals surface area contributed by atoms with E-state index in [2.05, 4.69) is 22.4 Å². The van der Waals surface area contributed by atoms with Gasteiger partial charge in [-0.2, -0.15) is 0 Å². The number of hydrogen-bond acceptors (Lipinski definition) is 2. The summed E-state index contributed by atoms with van der Waals surface area (Å²) in [6, 6.07) is 1.10. The number of hydrogen-bond donors (Lipinski definition) is 1. The molecule has 0 aliphatic carbocycles. The summed E-state index contributed by atoms with van der Waals surface area (Å²) in [6.07, 6.45) is 8.08. The molecule has 0 saturated carbocycles. The van der Waals surface area contributed by atoms with E-state index >= 15 is 0 Å². The molecule has 2 rings (SSSR count). The quantitative estimate of drug-likeness (QED) is 0.721. The second-order valence-electron chi connectivity index (χ2n) is 5.93.